The second-order valence-corrected chi connectivity index (χ2v) is 2.52. The number of nitrogens with two attached hydrogens (primary N) is 1. The number of hydrogen-bond donors (Lipinski definition) is 3. The maximum absolute atomic E-state index is 10.5. The van der Waals surface area contributed by atoms with Gasteiger partial charge in [-0.05, 0) is 5.56 Å². The number of hydrogen-bond acceptors (Lipinski definition) is 2. The van der Waals surface area contributed by atoms with Crippen molar-refractivity contribution in [3.05, 3.63) is 35.9 Å². The molecule has 4 N–H and O–H groups in total. The van der Waals surface area contributed by atoms with Crippen LogP contribution in [0.1, 0.15) is 11.6 Å². The van der Waals surface area contributed by atoms with Crippen molar-refractivity contribution in [1.29, 1.82) is 5.41 Å². The molecule has 1 unspecified atom stereocenters. The van der Waals surface area contributed by atoms with E-state index in [9.17, 15) is 4.79 Å². The highest BCUT2D eigenvalue weighted by molar-refractivity contribution is 5.79. The van der Waals surface area contributed by atoms with Crippen LogP contribution in [0.4, 0.5) is 0 Å². The Kier molecular flexibility index (Phi) is 3.03. The zero-order valence-electron chi connectivity index (χ0n) is 6.95. The molecule has 0 aliphatic heterocycles. The first-order valence-corrected chi connectivity index (χ1v) is 3.77. The molecule has 0 fully saturated rings. The summed E-state index contributed by atoms with van der Waals surface area (Å²) in [7, 11) is 0. The van der Waals surface area contributed by atoms with Crippen LogP contribution in [-0.4, -0.2) is 12.2 Å². The molecule has 0 aliphatic carbocycles. The molecular weight excluding hydrogens is 166 g/mol. The SMILES string of the molecule is N=C(N)NC([C]=O)c1ccccc1. The first kappa shape index (κ1) is 9.25. The van der Waals surface area contributed by atoms with Crippen molar-refractivity contribution >= 4 is 12.2 Å². The highest BCUT2D eigenvalue weighted by Crippen LogP contribution is 2.08. The van der Waals surface area contributed by atoms with Crippen molar-refractivity contribution in [2.45, 2.75) is 6.04 Å². The number of guanidine groups is 1. The summed E-state index contributed by atoms with van der Waals surface area (Å²) in [6.45, 7) is 0. The molecule has 0 aromatic heterocycles. The molecule has 4 heteroatoms. The predicted octanol–water partition coefficient (Wildman–Crippen LogP) is 0.320. The van der Waals surface area contributed by atoms with Crippen molar-refractivity contribution in [1.82, 2.24) is 5.32 Å². The minimum absolute atomic E-state index is 0.239. The predicted molar refractivity (Wildman–Crippen MR) is 49.9 cm³/mol. The van der Waals surface area contributed by atoms with Crippen LogP contribution in [0, 0.1) is 5.41 Å². The third-order valence-electron chi connectivity index (χ3n) is 1.55. The smallest absolute Gasteiger partial charge is 0.227 e. The van der Waals surface area contributed by atoms with Crippen molar-refractivity contribution in [2.24, 2.45) is 5.73 Å². The largest absolute Gasteiger partial charge is 0.370 e. The fourth-order valence-corrected chi connectivity index (χ4v) is 0.982. The molecule has 4 nitrogen and oxygen atoms in total. The average Bonchev–Trinajstić information content (AvgIpc) is 2.15. The van der Waals surface area contributed by atoms with Gasteiger partial charge >= 0.3 is 0 Å². The van der Waals surface area contributed by atoms with Crippen molar-refractivity contribution in [2.75, 3.05) is 0 Å². The molecule has 1 atom stereocenters. The van der Waals surface area contributed by atoms with Crippen LogP contribution in [-0.2, 0) is 4.79 Å². The molecule has 0 spiro atoms. The summed E-state index contributed by atoms with van der Waals surface area (Å²) in [5.41, 5.74) is 5.84. The summed E-state index contributed by atoms with van der Waals surface area (Å²) in [5.74, 6) is -0.239. The summed E-state index contributed by atoms with van der Waals surface area (Å²) in [6.07, 6.45) is 1.77. The molecule has 0 saturated carbocycles. The van der Waals surface area contributed by atoms with Gasteiger partial charge in [-0.2, -0.15) is 0 Å². The van der Waals surface area contributed by atoms with Crippen LogP contribution in [0.25, 0.3) is 0 Å². The van der Waals surface area contributed by atoms with Crippen LogP contribution >= 0.6 is 0 Å². The summed E-state index contributed by atoms with van der Waals surface area (Å²) >= 11 is 0. The summed E-state index contributed by atoms with van der Waals surface area (Å²) < 4.78 is 0. The monoisotopic (exact) mass is 176 g/mol. The van der Waals surface area contributed by atoms with E-state index in [4.69, 9.17) is 11.1 Å². The molecular formula is C9H10N3O. The van der Waals surface area contributed by atoms with E-state index in [1.165, 1.54) is 0 Å². The lowest BCUT2D eigenvalue weighted by Crippen LogP contribution is -2.34. The molecule has 1 aromatic carbocycles. The Morgan fingerprint density at radius 1 is 1.46 bits per heavy atom. The van der Waals surface area contributed by atoms with Gasteiger partial charge in [0, 0.05) is 0 Å². The third-order valence-corrected chi connectivity index (χ3v) is 1.55. The van der Waals surface area contributed by atoms with E-state index in [1.54, 1.807) is 18.4 Å². The highest BCUT2D eigenvalue weighted by Gasteiger charge is 2.09. The van der Waals surface area contributed by atoms with Gasteiger partial charge in [0.25, 0.3) is 0 Å². The Morgan fingerprint density at radius 2 is 2.08 bits per heavy atom. The van der Waals surface area contributed by atoms with E-state index in [-0.39, 0.29) is 5.96 Å². The highest BCUT2D eigenvalue weighted by atomic mass is 16.1. The molecule has 0 aliphatic rings. The normalized spacial score (nSPS) is 11.7. The lowest BCUT2D eigenvalue weighted by atomic mass is 10.1. The second kappa shape index (κ2) is 4.25. The van der Waals surface area contributed by atoms with Gasteiger partial charge in [-0.1, -0.05) is 30.3 Å². The molecule has 67 valence electrons. The number of benzene rings is 1. The van der Waals surface area contributed by atoms with E-state index in [0.717, 1.165) is 5.56 Å². The lowest BCUT2D eigenvalue weighted by molar-refractivity contribution is 0.537. The lowest BCUT2D eigenvalue weighted by Gasteiger charge is -2.10. The van der Waals surface area contributed by atoms with Gasteiger partial charge in [0.05, 0.1) is 0 Å². The molecule has 1 rings (SSSR count). The fraction of sp³-hybridized carbons (Fsp3) is 0.111. The first-order valence-electron chi connectivity index (χ1n) is 3.77. The van der Waals surface area contributed by atoms with Gasteiger partial charge < -0.3 is 11.1 Å². The van der Waals surface area contributed by atoms with E-state index in [2.05, 4.69) is 5.32 Å². The average molecular weight is 176 g/mol. The van der Waals surface area contributed by atoms with Gasteiger partial charge in [0.2, 0.25) is 6.29 Å². The molecule has 0 saturated heterocycles. The summed E-state index contributed by atoms with van der Waals surface area (Å²) in [6, 6.07) is 8.35. The molecule has 1 aromatic rings. The molecule has 13 heavy (non-hydrogen) atoms. The van der Waals surface area contributed by atoms with Crippen LogP contribution < -0.4 is 11.1 Å². The Hall–Kier alpha value is -1.84. The van der Waals surface area contributed by atoms with E-state index in [1.807, 2.05) is 18.2 Å². The van der Waals surface area contributed by atoms with E-state index >= 15 is 0 Å². The van der Waals surface area contributed by atoms with Crippen molar-refractivity contribution < 1.29 is 4.79 Å². The maximum Gasteiger partial charge on any atom is 0.227 e. The quantitative estimate of drug-likeness (QED) is 0.458. The van der Waals surface area contributed by atoms with Gasteiger partial charge in [-0.25, -0.2) is 0 Å². The minimum Gasteiger partial charge on any atom is -0.370 e. The molecule has 1 radical (unpaired) electrons. The van der Waals surface area contributed by atoms with Gasteiger partial charge in [-0.3, -0.25) is 10.2 Å². The Bertz CT molecular complexity index is 297. The van der Waals surface area contributed by atoms with E-state index in [0.29, 0.717) is 0 Å². The maximum atomic E-state index is 10.5. The zero-order chi connectivity index (χ0) is 9.68. The van der Waals surface area contributed by atoms with Crippen LogP contribution in [0.15, 0.2) is 30.3 Å². The second-order valence-electron chi connectivity index (χ2n) is 2.52. The van der Waals surface area contributed by atoms with Crippen LogP contribution in [0.2, 0.25) is 0 Å². The molecule has 0 heterocycles. The third kappa shape index (κ3) is 2.59. The standard InChI is InChI=1S/C9H10N3O/c10-9(11)12-8(6-13)7-4-2-1-3-5-7/h1-5,8H,(H4,10,11,12). The zero-order valence-corrected chi connectivity index (χ0v) is 6.95. The number of carbonyl (C=O) groups excluding carboxylic acids is 1. The van der Waals surface area contributed by atoms with Crippen molar-refractivity contribution in [3.8, 4) is 0 Å². The Balaban J connectivity index is 2.78. The first-order chi connectivity index (χ1) is 6.24. The van der Waals surface area contributed by atoms with Crippen LogP contribution in [0.3, 0.4) is 0 Å². The summed E-state index contributed by atoms with van der Waals surface area (Å²) in [5, 5.41) is 9.45. The molecule has 0 amide bonds. The van der Waals surface area contributed by atoms with Gasteiger partial charge in [0.15, 0.2) is 5.96 Å². The number of nitrogens with one attached hydrogen (secondary N) is 2. The topological polar surface area (TPSA) is 79.0 Å². The fourth-order valence-electron chi connectivity index (χ4n) is 0.982. The Morgan fingerprint density at radius 3 is 2.54 bits per heavy atom. The summed E-state index contributed by atoms with van der Waals surface area (Å²) in [4.78, 5) is 10.5. The van der Waals surface area contributed by atoms with Crippen LogP contribution in [0.5, 0.6) is 0 Å². The minimum atomic E-state index is -0.654. The van der Waals surface area contributed by atoms with Gasteiger partial charge in [-0.15, -0.1) is 0 Å². The number of rotatable bonds is 3. The Labute approximate surface area is 76.3 Å². The molecule has 0 bridgehead atoms. The van der Waals surface area contributed by atoms with Crippen molar-refractivity contribution in [3.63, 3.8) is 0 Å². The van der Waals surface area contributed by atoms with E-state index < -0.39 is 6.04 Å². The van der Waals surface area contributed by atoms with Gasteiger partial charge in [0.1, 0.15) is 6.04 Å².